The summed E-state index contributed by atoms with van der Waals surface area (Å²) in [5.41, 5.74) is 0.271. The van der Waals surface area contributed by atoms with Gasteiger partial charge in [0.15, 0.2) is 4.90 Å². The zero-order valence-electron chi connectivity index (χ0n) is 11.5. The lowest BCUT2D eigenvalue weighted by atomic mass is 10.3. The largest absolute Gasteiger partial charge is 0.469 e. The van der Waals surface area contributed by atoms with E-state index in [-0.39, 0.29) is 11.4 Å². The number of benzene rings is 1. The van der Waals surface area contributed by atoms with Crippen molar-refractivity contribution in [1.29, 1.82) is 0 Å². The van der Waals surface area contributed by atoms with E-state index < -0.39 is 20.6 Å². The van der Waals surface area contributed by atoms with E-state index in [1.54, 1.807) is 13.0 Å². The van der Waals surface area contributed by atoms with E-state index in [1.807, 2.05) is 0 Å². The second-order valence-corrected chi connectivity index (χ2v) is 6.50. The molecular weight excluding hydrogens is 296 g/mol. The fourth-order valence-electron chi connectivity index (χ4n) is 1.89. The molecule has 1 aromatic carbocycles. The fourth-order valence-corrected chi connectivity index (χ4v) is 3.20. The van der Waals surface area contributed by atoms with Crippen LogP contribution < -0.4 is 0 Å². The van der Waals surface area contributed by atoms with Gasteiger partial charge in [-0.3, -0.25) is 10.1 Å². The maximum Gasteiger partial charge on any atom is 0.289 e. The van der Waals surface area contributed by atoms with Crippen molar-refractivity contribution in [2.75, 3.05) is 7.05 Å². The van der Waals surface area contributed by atoms with Crippen LogP contribution in [-0.4, -0.2) is 24.7 Å². The molecule has 0 N–H and O–H groups in total. The first-order valence-corrected chi connectivity index (χ1v) is 7.51. The van der Waals surface area contributed by atoms with Gasteiger partial charge in [-0.2, -0.15) is 4.31 Å². The van der Waals surface area contributed by atoms with Crippen LogP contribution in [0.25, 0.3) is 0 Å². The van der Waals surface area contributed by atoms with Crippen LogP contribution in [0.4, 0.5) is 5.69 Å². The number of nitrogens with zero attached hydrogens (tertiary/aromatic N) is 2. The molecule has 0 bridgehead atoms. The highest BCUT2D eigenvalue weighted by molar-refractivity contribution is 7.89. The second kappa shape index (κ2) is 5.66. The molecule has 0 aliphatic heterocycles. The van der Waals surface area contributed by atoms with E-state index >= 15 is 0 Å². The summed E-state index contributed by atoms with van der Waals surface area (Å²) < 4.78 is 31.2. The van der Waals surface area contributed by atoms with Crippen LogP contribution in [0, 0.1) is 17.0 Å². The van der Waals surface area contributed by atoms with Gasteiger partial charge in [-0.25, -0.2) is 8.42 Å². The third kappa shape index (κ3) is 2.96. The third-order valence-electron chi connectivity index (χ3n) is 3.11. The van der Waals surface area contributed by atoms with Gasteiger partial charge in [0.25, 0.3) is 5.69 Å². The van der Waals surface area contributed by atoms with Crippen molar-refractivity contribution in [2.24, 2.45) is 0 Å². The van der Waals surface area contributed by atoms with Crippen LogP contribution in [0.2, 0.25) is 0 Å². The molecule has 1 heterocycles. The van der Waals surface area contributed by atoms with Crippen LogP contribution >= 0.6 is 0 Å². The molecule has 0 unspecified atom stereocenters. The predicted molar refractivity (Wildman–Crippen MR) is 75.2 cm³/mol. The number of para-hydroxylation sites is 1. The maximum atomic E-state index is 12.5. The lowest BCUT2D eigenvalue weighted by Crippen LogP contribution is -2.27. The Morgan fingerprint density at radius 2 is 1.95 bits per heavy atom. The second-order valence-electron chi connectivity index (χ2n) is 4.49. The minimum absolute atomic E-state index is 0.0801. The Hall–Kier alpha value is -2.19. The normalized spacial score (nSPS) is 11.8. The van der Waals surface area contributed by atoms with Crippen molar-refractivity contribution in [1.82, 2.24) is 4.31 Å². The van der Waals surface area contributed by atoms with Crippen molar-refractivity contribution < 1.29 is 17.8 Å². The zero-order chi connectivity index (χ0) is 15.6. The Bertz CT molecular complexity index is 766. The minimum atomic E-state index is -3.96. The molecule has 0 saturated heterocycles. The van der Waals surface area contributed by atoms with Gasteiger partial charge >= 0.3 is 0 Å². The van der Waals surface area contributed by atoms with Gasteiger partial charge in [-0.1, -0.05) is 12.1 Å². The summed E-state index contributed by atoms with van der Waals surface area (Å²) in [5, 5.41) is 11.0. The fraction of sp³-hybridized carbons (Fsp3) is 0.231. The SMILES string of the molecule is Cc1occc1CN(C)S(=O)(=O)c1ccccc1[N+](=O)[O-]. The summed E-state index contributed by atoms with van der Waals surface area (Å²) in [4.78, 5) is 9.94. The minimum Gasteiger partial charge on any atom is -0.469 e. The number of hydrogen-bond donors (Lipinski definition) is 0. The average molecular weight is 310 g/mol. The van der Waals surface area contributed by atoms with E-state index in [2.05, 4.69) is 0 Å². The smallest absolute Gasteiger partial charge is 0.289 e. The van der Waals surface area contributed by atoms with Gasteiger partial charge in [0.2, 0.25) is 10.0 Å². The lowest BCUT2D eigenvalue weighted by molar-refractivity contribution is -0.387. The number of nitro benzene ring substituents is 1. The van der Waals surface area contributed by atoms with E-state index in [9.17, 15) is 18.5 Å². The summed E-state index contributed by atoms with van der Waals surface area (Å²) in [6.45, 7) is 1.80. The first-order chi connectivity index (χ1) is 9.84. The first-order valence-electron chi connectivity index (χ1n) is 6.06. The molecule has 1 aromatic heterocycles. The predicted octanol–water partition coefficient (Wildman–Crippen LogP) is 2.32. The highest BCUT2D eigenvalue weighted by Crippen LogP contribution is 2.26. The maximum absolute atomic E-state index is 12.5. The molecule has 2 aromatic rings. The topological polar surface area (TPSA) is 93.7 Å². The van der Waals surface area contributed by atoms with Crippen molar-refractivity contribution in [3.8, 4) is 0 Å². The Kier molecular flexibility index (Phi) is 4.10. The lowest BCUT2D eigenvalue weighted by Gasteiger charge is -2.16. The summed E-state index contributed by atoms with van der Waals surface area (Å²) in [7, 11) is -2.58. The van der Waals surface area contributed by atoms with Crippen LogP contribution in [0.1, 0.15) is 11.3 Å². The Labute approximate surface area is 122 Å². The van der Waals surface area contributed by atoms with Crippen LogP contribution in [0.3, 0.4) is 0 Å². The summed E-state index contributed by atoms with van der Waals surface area (Å²) in [5.74, 6) is 0.611. The molecule has 0 atom stereocenters. The highest BCUT2D eigenvalue weighted by Gasteiger charge is 2.29. The summed E-state index contributed by atoms with van der Waals surface area (Å²) >= 11 is 0. The monoisotopic (exact) mass is 310 g/mol. The molecular formula is C13H14N2O5S. The van der Waals surface area contributed by atoms with Gasteiger partial charge in [-0.15, -0.1) is 0 Å². The summed E-state index contributed by atoms with van der Waals surface area (Å²) in [6.07, 6.45) is 1.47. The van der Waals surface area contributed by atoms with Gasteiger partial charge in [0.05, 0.1) is 11.2 Å². The van der Waals surface area contributed by atoms with Crippen molar-refractivity contribution >= 4 is 15.7 Å². The van der Waals surface area contributed by atoms with Crippen LogP contribution in [0.5, 0.6) is 0 Å². The van der Waals surface area contributed by atoms with Crippen molar-refractivity contribution in [3.63, 3.8) is 0 Å². The Balaban J connectivity index is 2.38. The van der Waals surface area contributed by atoms with Gasteiger partial charge in [0.1, 0.15) is 5.76 Å². The molecule has 7 nitrogen and oxygen atoms in total. The number of hydrogen-bond acceptors (Lipinski definition) is 5. The number of furan rings is 1. The molecule has 0 aliphatic rings. The number of nitro groups is 1. The molecule has 0 radical (unpaired) electrons. The quantitative estimate of drug-likeness (QED) is 0.624. The standard InChI is InChI=1S/C13H14N2O5S/c1-10-11(7-8-20-10)9-14(2)21(18,19)13-6-4-3-5-12(13)15(16)17/h3-8H,9H2,1-2H3. The van der Waals surface area contributed by atoms with E-state index in [4.69, 9.17) is 4.42 Å². The highest BCUT2D eigenvalue weighted by atomic mass is 32.2. The number of rotatable bonds is 5. The molecule has 0 saturated carbocycles. The van der Waals surface area contributed by atoms with Crippen LogP contribution in [-0.2, 0) is 16.6 Å². The Morgan fingerprint density at radius 1 is 1.29 bits per heavy atom. The van der Waals surface area contributed by atoms with Crippen molar-refractivity contribution in [3.05, 3.63) is 58.0 Å². The number of sulfonamides is 1. The molecule has 2 rings (SSSR count). The molecule has 0 amide bonds. The molecule has 0 spiro atoms. The molecule has 0 fully saturated rings. The number of aryl methyl sites for hydroxylation is 1. The van der Waals surface area contributed by atoms with Gasteiger partial charge in [0, 0.05) is 25.2 Å². The first kappa shape index (κ1) is 15.2. The molecule has 112 valence electrons. The van der Waals surface area contributed by atoms with E-state index in [0.717, 1.165) is 4.31 Å². The third-order valence-corrected chi connectivity index (χ3v) is 4.96. The average Bonchev–Trinajstić information content (AvgIpc) is 2.84. The zero-order valence-corrected chi connectivity index (χ0v) is 12.3. The van der Waals surface area contributed by atoms with E-state index in [0.29, 0.717) is 11.3 Å². The van der Waals surface area contributed by atoms with Crippen molar-refractivity contribution in [2.45, 2.75) is 18.4 Å². The Morgan fingerprint density at radius 3 is 2.52 bits per heavy atom. The van der Waals surface area contributed by atoms with Gasteiger partial charge in [-0.05, 0) is 19.1 Å². The van der Waals surface area contributed by atoms with E-state index in [1.165, 1.54) is 37.6 Å². The van der Waals surface area contributed by atoms with Crippen LogP contribution in [0.15, 0.2) is 45.9 Å². The molecule has 8 heteroatoms. The molecule has 21 heavy (non-hydrogen) atoms. The summed E-state index contributed by atoms with van der Waals surface area (Å²) in [6, 6.07) is 6.95. The molecule has 0 aliphatic carbocycles. The van der Waals surface area contributed by atoms with Gasteiger partial charge < -0.3 is 4.42 Å².